The van der Waals surface area contributed by atoms with Crippen LogP contribution in [0.2, 0.25) is 0 Å². The lowest BCUT2D eigenvalue weighted by Crippen LogP contribution is -2.46. The highest BCUT2D eigenvalue weighted by molar-refractivity contribution is 5.40. The molecule has 0 amide bonds. The van der Waals surface area contributed by atoms with Gasteiger partial charge < -0.3 is 10.5 Å². The minimum Gasteiger partial charge on any atom is -0.377 e. The smallest absolute Gasteiger partial charge is 0.272 e. The molecule has 5 heteroatoms. The van der Waals surface area contributed by atoms with Gasteiger partial charge in [0.1, 0.15) is 0 Å². The van der Waals surface area contributed by atoms with Crippen LogP contribution in [-0.4, -0.2) is 23.2 Å². The van der Waals surface area contributed by atoms with E-state index in [1.54, 1.807) is 12.1 Å². The van der Waals surface area contributed by atoms with E-state index in [2.05, 4.69) is 0 Å². The first-order chi connectivity index (χ1) is 8.53. The maximum absolute atomic E-state index is 10.9. The Kier molecular flexibility index (Phi) is 3.63. The second kappa shape index (κ2) is 5.04. The van der Waals surface area contributed by atoms with Gasteiger partial charge in [0.2, 0.25) is 0 Å². The first kappa shape index (κ1) is 13.0. The molecule has 1 aliphatic heterocycles. The normalized spacial score (nSPS) is 27.3. The maximum Gasteiger partial charge on any atom is 0.272 e. The molecule has 0 spiro atoms. The first-order valence-electron chi connectivity index (χ1n) is 6.16. The van der Waals surface area contributed by atoms with Gasteiger partial charge in [0.25, 0.3) is 5.69 Å². The highest BCUT2D eigenvalue weighted by atomic mass is 16.6. The molecular formula is C13H18N2O3. The standard InChI is InChI=1S/C13H18N2O3/c1-10-13(14,8-9-18-10)7-6-11-4-2-3-5-12(11)15(16)17/h2-5,10H,6-9,14H2,1H3. The van der Waals surface area contributed by atoms with Crippen LogP contribution in [0.4, 0.5) is 5.69 Å². The van der Waals surface area contributed by atoms with Crippen molar-refractivity contribution in [1.82, 2.24) is 0 Å². The summed E-state index contributed by atoms with van der Waals surface area (Å²) in [5, 5.41) is 10.9. The van der Waals surface area contributed by atoms with Crippen molar-refractivity contribution in [3.8, 4) is 0 Å². The number of nitrogens with two attached hydrogens (primary N) is 1. The number of nitrogens with zero attached hydrogens (tertiary/aromatic N) is 1. The number of rotatable bonds is 4. The third-order valence-corrected chi connectivity index (χ3v) is 3.79. The number of aryl methyl sites for hydroxylation is 1. The van der Waals surface area contributed by atoms with E-state index >= 15 is 0 Å². The SMILES string of the molecule is CC1OCCC1(N)CCc1ccccc1[N+](=O)[O-]. The fraction of sp³-hybridized carbons (Fsp3) is 0.538. The summed E-state index contributed by atoms with van der Waals surface area (Å²) in [5.74, 6) is 0. The Morgan fingerprint density at radius 3 is 2.89 bits per heavy atom. The zero-order valence-electron chi connectivity index (χ0n) is 10.5. The van der Waals surface area contributed by atoms with E-state index in [0.29, 0.717) is 19.4 Å². The number of hydrogen-bond acceptors (Lipinski definition) is 4. The molecule has 1 fully saturated rings. The van der Waals surface area contributed by atoms with E-state index in [1.807, 2.05) is 13.0 Å². The molecule has 2 N–H and O–H groups in total. The summed E-state index contributed by atoms with van der Waals surface area (Å²) < 4.78 is 5.48. The minimum atomic E-state index is -0.357. The Balaban J connectivity index is 2.09. The molecule has 0 bridgehead atoms. The topological polar surface area (TPSA) is 78.4 Å². The van der Waals surface area contributed by atoms with Crippen molar-refractivity contribution in [2.24, 2.45) is 5.73 Å². The van der Waals surface area contributed by atoms with Gasteiger partial charge in [-0.2, -0.15) is 0 Å². The summed E-state index contributed by atoms with van der Waals surface area (Å²) in [6, 6.07) is 6.83. The van der Waals surface area contributed by atoms with Crippen molar-refractivity contribution in [2.75, 3.05) is 6.61 Å². The van der Waals surface area contributed by atoms with E-state index < -0.39 is 0 Å². The van der Waals surface area contributed by atoms with Crippen molar-refractivity contribution in [3.05, 3.63) is 39.9 Å². The molecule has 1 aromatic rings. The number of nitro groups is 1. The van der Waals surface area contributed by atoms with Crippen molar-refractivity contribution in [3.63, 3.8) is 0 Å². The average molecular weight is 250 g/mol. The van der Waals surface area contributed by atoms with Crippen LogP contribution in [0.15, 0.2) is 24.3 Å². The summed E-state index contributed by atoms with van der Waals surface area (Å²) in [6.07, 6.45) is 2.15. The second-order valence-electron chi connectivity index (χ2n) is 4.88. The van der Waals surface area contributed by atoms with Crippen molar-refractivity contribution < 1.29 is 9.66 Å². The molecule has 2 unspecified atom stereocenters. The summed E-state index contributed by atoms with van der Waals surface area (Å²) in [5.41, 5.74) is 6.84. The van der Waals surface area contributed by atoms with E-state index in [1.165, 1.54) is 6.07 Å². The minimum absolute atomic E-state index is 0.0141. The third-order valence-electron chi connectivity index (χ3n) is 3.79. The van der Waals surface area contributed by atoms with Gasteiger partial charge in [-0.1, -0.05) is 18.2 Å². The molecule has 1 heterocycles. The van der Waals surface area contributed by atoms with Crippen LogP contribution in [0.3, 0.4) is 0 Å². The molecule has 98 valence electrons. The van der Waals surface area contributed by atoms with Crippen LogP contribution in [-0.2, 0) is 11.2 Å². The Labute approximate surface area is 106 Å². The van der Waals surface area contributed by atoms with Crippen LogP contribution in [0.5, 0.6) is 0 Å². The number of hydrogen-bond donors (Lipinski definition) is 1. The van der Waals surface area contributed by atoms with E-state index in [-0.39, 0.29) is 22.3 Å². The lowest BCUT2D eigenvalue weighted by atomic mass is 9.86. The molecule has 0 radical (unpaired) electrons. The van der Waals surface area contributed by atoms with Gasteiger partial charge in [0.05, 0.1) is 11.0 Å². The molecule has 0 aliphatic carbocycles. The van der Waals surface area contributed by atoms with Crippen molar-refractivity contribution >= 4 is 5.69 Å². The lowest BCUT2D eigenvalue weighted by molar-refractivity contribution is -0.385. The van der Waals surface area contributed by atoms with Gasteiger partial charge in [0.15, 0.2) is 0 Å². The van der Waals surface area contributed by atoms with Crippen LogP contribution < -0.4 is 5.73 Å². The number of benzene rings is 1. The fourth-order valence-electron chi connectivity index (χ4n) is 2.39. The van der Waals surface area contributed by atoms with Gasteiger partial charge in [-0.15, -0.1) is 0 Å². The predicted octanol–water partition coefficient (Wildman–Crippen LogP) is 2.03. The van der Waals surface area contributed by atoms with Gasteiger partial charge in [-0.25, -0.2) is 0 Å². The van der Waals surface area contributed by atoms with Crippen LogP contribution >= 0.6 is 0 Å². The predicted molar refractivity (Wildman–Crippen MR) is 68.4 cm³/mol. The monoisotopic (exact) mass is 250 g/mol. The molecular weight excluding hydrogens is 232 g/mol. The molecule has 2 rings (SSSR count). The first-order valence-corrected chi connectivity index (χ1v) is 6.16. The maximum atomic E-state index is 10.9. The van der Waals surface area contributed by atoms with Crippen LogP contribution in [0, 0.1) is 10.1 Å². The van der Waals surface area contributed by atoms with Crippen LogP contribution in [0.25, 0.3) is 0 Å². The Morgan fingerprint density at radius 1 is 1.56 bits per heavy atom. The largest absolute Gasteiger partial charge is 0.377 e. The van der Waals surface area contributed by atoms with Gasteiger partial charge in [0, 0.05) is 23.8 Å². The van der Waals surface area contributed by atoms with E-state index in [0.717, 1.165) is 12.0 Å². The van der Waals surface area contributed by atoms with Crippen molar-refractivity contribution in [2.45, 2.75) is 37.8 Å². The quantitative estimate of drug-likeness (QED) is 0.655. The molecule has 5 nitrogen and oxygen atoms in total. The summed E-state index contributed by atoms with van der Waals surface area (Å²) in [4.78, 5) is 10.6. The lowest BCUT2D eigenvalue weighted by Gasteiger charge is -2.27. The van der Waals surface area contributed by atoms with Gasteiger partial charge >= 0.3 is 0 Å². The summed E-state index contributed by atoms with van der Waals surface area (Å²) in [7, 11) is 0. The zero-order chi connectivity index (χ0) is 13.2. The Bertz CT molecular complexity index is 450. The number of nitro benzene ring substituents is 1. The number of ether oxygens (including phenoxy) is 1. The van der Waals surface area contributed by atoms with Gasteiger partial charge in [-0.05, 0) is 26.2 Å². The van der Waals surface area contributed by atoms with Gasteiger partial charge in [-0.3, -0.25) is 10.1 Å². The van der Waals surface area contributed by atoms with Crippen molar-refractivity contribution in [1.29, 1.82) is 0 Å². The molecule has 2 atom stereocenters. The Morgan fingerprint density at radius 2 is 2.28 bits per heavy atom. The van der Waals surface area contributed by atoms with E-state index in [9.17, 15) is 10.1 Å². The molecule has 1 aliphatic rings. The molecule has 1 saturated heterocycles. The summed E-state index contributed by atoms with van der Waals surface area (Å²) in [6.45, 7) is 2.64. The molecule has 0 saturated carbocycles. The highest BCUT2D eigenvalue weighted by Crippen LogP contribution is 2.29. The fourth-order valence-corrected chi connectivity index (χ4v) is 2.39. The van der Waals surface area contributed by atoms with E-state index in [4.69, 9.17) is 10.5 Å². The highest BCUT2D eigenvalue weighted by Gasteiger charge is 2.37. The Hall–Kier alpha value is -1.46. The zero-order valence-corrected chi connectivity index (χ0v) is 10.5. The second-order valence-corrected chi connectivity index (χ2v) is 4.88. The third kappa shape index (κ3) is 2.52. The average Bonchev–Trinajstić information content (AvgIpc) is 2.68. The van der Waals surface area contributed by atoms with Crippen LogP contribution in [0.1, 0.15) is 25.3 Å². The number of para-hydroxylation sites is 1. The molecule has 18 heavy (non-hydrogen) atoms. The summed E-state index contributed by atoms with van der Waals surface area (Å²) >= 11 is 0. The molecule has 0 aromatic heterocycles. The molecule has 1 aromatic carbocycles.